The minimum atomic E-state index is -2.90. The van der Waals surface area contributed by atoms with Gasteiger partial charge in [0.05, 0.1) is 0 Å². The Labute approximate surface area is 117 Å². The summed E-state index contributed by atoms with van der Waals surface area (Å²) < 4.78 is 29.2. The average Bonchev–Trinajstić information content (AvgIpc) is 2.36. The number of rotatable bonds is 7. The molecule has 0 spiro atoms. The van der Waals surface area contributed by atoms with Gasteiger partial charge in [0.15, 0.2) is 0 Å². The maximum atomic E-state index is 12.4. The molecule has 0 aliphatic rings. The molecule has 0 fully saturated rings. The van der Waals surface area contributed by atoms with E-state index in [0.717, 1.165) is 0 Å². The summed E-state index contributed by atoms with van der Waals surface area (Å²) >= 11 is 0. The third-order valence-electron chi connectivity index (χ3n) is 3.25. The minimum absolute atomic E-state index is 0.0714. The van der Waals surface area contributed by atoms with Crippen molar-refractivity contribution in [3.05, 3.63) is 29.8 Å². The van der Waals surface area contributed by atoms with Crippen LogP contribution in [0.5, 0.6) is 5.75 Å². The van der Waals surface area contributed by atoms with Gasteiger partial charge in [-0.3, -0.25) is 9.69 Å². The van der Waals surface area contributed by atoms with Crippen molar-refractivity contribution in [3.63, 3.8) is 0 Å². The predicted molar refractivity (Wildman–Crippen MR) is 70.9 cm³/mol. The van der Waals surface area contributed by atoms with Crippen LogP contribution in [-0.4, -0.2) is 34.7 Å². The lowest BCUT2D eigenvalue weighted by Gasteiger charge is -2.34. The van der Waals surface area contributed by atoms with Gasteiger partial charge in [0.2, 0.25) is 0 Å². The van der Waals surface area contributed by atoms with Gasteiger partial charge < -0.3 is 9.84 Å². The van der Waals surface area contributed by atoms with Crippen molar-refractivity contribution in [2.45, 2.75) is 39.5 Å². The molecular weight excluding hydrogens is 268 g/mol. The highest BCUT2D eigenvalue weighted by Crippen LogP contribution is 2.25. The Morgan fingerprint density at radius 1 is 1.40 bits per heavy atom. The molecule has 0 amide bonds. The van der Waals surface area contributed by atoms with Crippen molar-refractivity contribution in [1.82, 2.24) is 4.90 Å². The highest BCUT2D eigenvalue weighted by molar-refractivity contribution is 5.77. The lowest BCUT2D eigenvalue weighted by atomic mass is 10.0. The summed E-state index contributed by atoms with van der Waals surface area (Å²) in [6.45, 7) is 2.77. The van der Waals surface area contributed by atoms with Gasteiger partial charge in [-0.1, -0.05) is 25.1 Å². The Morgan fingerprint density at radius 3 is 2.50 bits per heavy atom. The van der Waals surface area contributed by atoms with Crippen molar-refractivity contribution >= 4 is 5.97 Å². The monoisotopic (exact) mass is 287 g/mol. The van der Waals surface area contributed by atoms with Gasteiger partial charge in [-0.25, -0.2) is 0 Å². The van der Waals surface area contributed by atoms with Crippen molar-refractivity contribution in [1.29, 1.82) is 0 Å². The van der Waals surface area contributed by atoms with Crippen LogP contribution in [0, 0.1) is 0 Å². The number of benzene rings is 1. The van der Waals surface area contributed by atoms with Crippen LogP contribution >= 0.6 is 0 Å². The molecule has 6 heteroatoms. The lowest BCUT2D eigenvalue weighted by molar-refractivity contribution is -0.149. The molecule has 0 saturated carbocycles. The number of likely N-dealkylation sites (N-methyl/N-ethyl adjacent to an activating group) is 1. The smallest absolute Gasteiger partial charge is 0.387 e. The van der Waals surface area contributed by atoms with Gasteiger partial charge in [-0.15, -0.1) is 0 Å². The maximum Gasteiger partial charge on any atom is 0.387 e. The van der Waals surface area contributed by atoms with Crippen molar-refractivity contribution < 1.29 is 23.4 Å². The zero-order valence-electron chi connectivity index (χ0n) is 11.8. The molecule has 112 valence electrons. The summed E-state index contributed by atoms with van der Waals surface area (Å²) in [5, 5.41) is 9.24. The van der Waals surface area contributed by atoms with Crippen molar-refractivity contribution in [2.75, 3.05) is 6.54 Å². The van der Waals surface area contributed by atoms with E-state index in [0.29, 0.717) is 12.1 Å². The summed E-state index contributed by atoms with van der Waals surface area (Å²) in [4.78, 5) is 13.0. The Morgan fingerprint density at radius 2 is 2.00 bits per heavy atom. The number of carboxylic acid groups (broad SMARTS) is 1. The highest BCUT2D eigenvalue weighted by atomic mass is 19.3. The van der Waals surface area contributed by atoms with Gasteiger partial charge in [0.1, 0.15) is 11.3 Å². The van der Waals surface area contributed by atoms with Crippen LogP contribution in [0.4, 0.5) is 8.78 Å². The number of hydrogen-bond donors (Lipinski definition) is 1. The fourth-order valence-electron chi connectivity index (χ4n) is 1.89. The topological polar surface area (TPSA) is 49.8 Å². The first-order chi connectivity index (χ1) is 9.28. The molecule has 1 aromatic rings. The van der Waals surface area contributed by atoms with Gasteiger partial charge in [0.25, 0.3) is 0 Å². The number of alkyl halides is 2. The zero-order chi connectivity index (χ0) is 15.3. The third kappa shape index (κ3) is 3.90. The average molecular weight is 287 g/mol. The largest absolute Gasteiger partial charge is 0.480 e. The summed E-state index contributed by atoms with van der Waals surface area (Å²) in [7, 11) is 0. The highest BCUT2D eigenvalue weighted by Gasteiger charge is 2.34. The lowest BCUT2D eigenvalue weighted by Crippen LogP contribution is -2.49. The molecule has 1 aromatic carbocycles. The SMILES string of the molecule is CCN(Cc1ccccc1OC(F)F)C(C)(C)C(=O)O. The van der Waals surface area contributed by atoms with E-state index in [1.165, 1.54) is 6.07 Å². The second kappa shape index (κ2) is 6.65. The van der Waals surface area contributed by atoms with Gasteiger partial charge in [0, 0.05) is 12.1 Å². The van der Waals surface area contributed by atoms with E-state index in [9.17, 15) is 18.7 Å². The van der Waals surface area contributed by atoms with Gasteiger partial charge >= 0.3 is 12.6 Å². The number of nitrogens with zero attached hydrogens (tertiary/aromatic N) is 1. The second-order valence-electron chi connectivity index (χ2n) is 4.86. The zero-order valence-corrected chi connectivity index (χ0v) is 11.8. The van der Waals surface area contributed by atoms with E-state index in [1.54, 1.807) is 36.9 Å². The molecule has 0 saturated heterocycles. The van der Waals surface area contributed by atoms with E-state index < -0.39 is 18.1 Å². The Kier molecular flexibility index (Phi) is 5.44. The van der Waals surface area contributed by atoms with Crippen molar-refractivity contribution in [3.8, 4) is 5.75 Å². The third-order valence-corrected chi connectivity index (χ3v) is 3.25. The van der Waals surface area contributed by atoms with Crippen LogP contribution in [0.2, 0.25) is 0 Å². The molecule has 4 nitrogen and oxygen atoms in total. The maximum absolute atomic E-state index is 12.4. The number of hydrogen-bond acceptors (Lipinski definition) is 3. The van der Waals surface area contributed by atoms with E-state index in [4.69, 9.17) is 0 Å². The fraction of sp³-hybridized carbons (Fsp3) is 0.500. The second-order valence-corrected chi connectivity index (χ2v) is 4.86. The van der Waals surface area contributed by atoms with Crippen LogP contribution in [0.1, 0.15) is 26.3 Å². The molecule has 0 atom stereocenters. The summed E-state index contributed by atoms with van der Waals surface area (Å²) in [6.07, 6.45) is 0. The number of aliphatic carboxylic acids is 1. The van der Waals surface area contributed by atoms with E-state index in [2.05, 4.69) is 4.74 Å². The predicted octanol–water partition coefficient (Wildman–Crippen LogP) is 2.97. The van der Waals surface area contributed by atoms with Gasteiger partial charge in [-0.2, -0.15) is 8.78 Å². The standard InChI is InChI=1S/C14H19F2NO3/c1-4-17(14(2,3)12(18)19)9-10-7-5-6-8-11(10)20-13(15)16/h5-8,13H,4,9H2,1-3H3,(H,18,19). The Bertz CT molecular complexity index is 463. The molecule has 0 aliphatic carbocycles. The Balaban J connectivity index is 2.99. The van der Waals surface area contributed by atoms with Gasteiger partial charge in [-0.05, 0) is 26.5 Å². The summed E-state index contributed by atoms with van der Waals surface area (Å²) in [6, 6.07) is 6.40. The molecule has 1 rings (SSSR count). The molecule has 0 unspecified atom stereocenters. The van der Waals surface area contributed by atoms with Crippen LogP contribution in [-0.2, 0) is 11.3 Å². The number of ether oxygens (including phenoxy) is 1. The molecular formula is C14H19F2NO3. The number of para-hydroxylation sites is 1. The fourth-order valence-corrected chi connectivity index (χ4v) is 1.89. The minimum Gasteiger partial charge on any atom is -0.480 e. The Hall–Kier alpha value is -1.69. The first-order valence-corrected chi connectivity index (χ1v) is 6.30. The normalized spacial score (nSPS) is 11.9. The molecule has 0 radical (unpaired) electrons. The van der Waals surface area contributed by atoms with E-state index >= 15 is 0 Å². The van der Waals surface area contributed by atoms with E-state index in [1.807, 2.05) is 6.92 Å². The molecule has 1 N–H and O–H groups in total. The number of halogens is 2. The van der Waals surface area contributed by atoms with Crippen LogP contribution < -0.4 is 4.74 Å². The van der Waals surface area contributed by atoms with Crippen molar-refractivity contribution in [2.24, 2.45) is 0 Å². The van der Waals surface area contributed by atoms with Crippen LogP contribution in [0.15, 0.2) is 24.3 Å². The first-order valence-electron chi connectivity index (χ1n) is 6.30. The number of carbonyl (C=O) groups is 1. The summed E-state index contributed by atoms with van der Waals surface area (Å²) in [5.74, 6) is -0.895. The van der Waals surface area contributed by atoms with Crippen LogP contribution in [0.3, 0.4) is 0 Å². The molecule has 0 aliphatic heterocycles. The molecule has 20 heavy (non-hydrogen) atoms. The first kappa shape index (κ1) is 16.4. The van der Waals surface area contributed by atoms with Crippen LogP contribution in [0.25, 0.3) is 0 Å². The molecule has 0 aromatic heterocycles. The summed E-state index contributed by atoms with van der Waals surface area (Å²) in [5.41, 5.74) is -0.559. The molecule has 0 heterocycles. The molecule has 0 bridgehead atoms. The van der Waals surface area contributed by atoms with E-state index in [-0.39, 0.29) is 12.3 Å². The number of carboxylic acids is 1. The quantitative estimate of drug-likeness (QED) is 0.837.